The summed E-state index contributed by atoms with van der Waals surface area (Å²) < 4.78 is 15.6. The molecule has 0 aromatic rings. The number of carboxylic acids is 1. The van der Waals surface area contributed by atoms with E-state index in [2.05, 4.69) is 5.32 Å². The van der Waals surface area contributed by atoms with Crippen LogP contribution in [0.2, 0.25) is 0 Å². The minimum atomic E-state index is -0.958. The molecule has 84 valence electrons. The molecule has 0 aliphatic rings. The van der Waals surface area contributed by atoms with Gasteiger partial charge in [0.1, 0.15) is 6.04 Å². The zero-order valence-electron chi connectivity index (χ0n) is 8.65. The predicted molar refractivity (Wildman–Crippen MR) is 54.8 cm³/mol. The first-order valence-electron chi connectivity index (χ1n) is 4.25. The van der Waals surface area contributed by atoms with Crippen molar-refractivity contribution in [2.24, 2.45) is 0 Å². The Labute approximate surface area is 86.3 Å². The first-order valence-corrected chi connectivity index (χ1v) is 5.98. The highest BCUT2D eigenvalue weighted by Crippen LogP contribution is 1.92. The molecular formula is C8H17NO4S. The summed E-state index contributed by atoms with van der Waals surface area (Å²) in [6, 6.07) is -0.837. The molecule has 0 radical (unpaired) electrons. The van der Waals surface area contributed by atoms with Crippen LogP contribution >= 0.6 is 0 Å². The molecular weight excluding hydrogens is 206 g/mol. The van der Waals surface area contributed by atoms with Gasteiger partial charge in [0, 0.05) is 36.0 Å². The van der Waals surface area contributed by atoms with Crippen LogP contribution in [0.5, 0.6) is 0 Å². The Morgan fingerprint density at radius 3 is 2.57 bits per heavy atom. The Hall–Kier alpha value is -0.460. The van der Waals surface area contributed by atoms with Gasteiger partial charge < -0.3 is 9.84 Å². The van der Waals surface area contributed by atoms with Crippen molar-refractivity contribution in [3.63, 3.8) is 0 Å². The van der Waals surface area contributed by atoms with Crippen molar-refractivity contribution in [3.05, 3.63) is 0 Å². The molecule has 2 N–H and O–H groups in total. The fourth-order valence-electron chi connectivity index (χ4n) is 1.10. The number of hydrogen-bond acceptors (Lipinski definition) is 4. The van der Waals surface area contributed by atoms with E-state index in [1.807, 2.05) is 0 Å². The number of hydrogen-bond donors (Lipinski definition) is 2. The third-order valence-electron chi connectivity index (χ3n) is 1.60. The fraction of sp³-hybridized carbons (Fsp3) is 0.875. The van der Waals surface area contributed by atoms with Gasteiger partial charge in [-0.15, -0.1) is 0 Å². The largest absolute Gasteiger partial charge is 0.480 e. The van der Waals surface area contributed by atoms with E-state index in [0.717, 1.165) is 0 Å². The quantitative estimate of drug-likeness (QED) is 0.605. The molecule has 0 fully saturated rings. The molecule has 0 saturated heterocycles. The first-order chi connectivity index (χ1) is 6.47. The summed E-state index contributed by atoms with van der Waals surface area (Å²) >= 11 is 0. The fourth-order valence-corrected chi connectivity index (χ4v) is 1.90. The van der Waals surface area contributed by atoms with Crippen LogP contribution in [0.1, 0.15) is 6.92 Å². The van der Waals surface area contributed by atoms with E-state index >= 15 is 0 Å². The van der Waals surface area contributed by atoms with Crippen molar-refractivity contribution < 1.29 is 18.8 Å². The molecule has 0 aromatic heterocycles. The Morgan fingerprint density at radius 2 is 2.21 bits per heavy atom. The number of methoxy groups -OCH3 is 1. The van der Waals surface area contributed by atoms with Crippen molar-refractivity contribution >= 4 is 16.8 Å². The van der Waals surface area contributed by atoms with Gasteiger partial charge in [-0.05, 0) is 6.92 Å². The Morgan fingerprint density at radius 1 is 1.64 bits per heavy atom. The average molecular weight is 223 g/mol. The molecule has 5 nitrogen and oxygen atoms in total. The second-order valence-corrected chi connectivity index (χ2v) is 4.63. The molecule has 0 amide bonds. The SMILES string of the molecule is COCC(NC(C)CS(C)=O)C(=O)O. The van der Waals surface area contributed by atoms with Crippen LogP contribution in [0, 0.1) is 0 Å². The van der Waals surface area contributed by atoms with Crippen molar-refractivity contribution in [1.82, 2.24) is 5.32 Å². The van der Waals surface area contributed by atoms with Gasteiger partial charge in [0.25, 0.3) is 0 Å². The zero-order chi connectivity index (χ0) is 11.1. The van der Waals surface area contributed by atoms with Gasteiger partial charge in [-0.1, -0.05) is 0 Å². The van der Waals surface area contributed by atoms with Crippen molar-refractivity contribution in [1.29, 1.82) is 0 Å². The second kappa shape index (κ2) is 6.92. The maximum absolute atomic E-state index is 10.9. The molecule has 6 heteroatoms. The molecule has 0 heterocycles. The third kappa shape index (κ3) is 6.06. The molecule has 0 saturated carbocycles. The van der Waals surface area contributed by atoms with E-state index in [1.54, 1.807) is 13.2 Å². The van der Waals surface area contributed by atoms with E-state index in [1.165, 1.54) is 7.11 Å². The van der Waals surface area contributed by atoms with Crippen molar-refractivity contribution in [3.8, 4) is 0 Å². The number of carboxylic acid groups (broad SMARTS) is 1. The summed E-state index contributed by atoms with van der Waals surface area (Å²) in [5.41, 5.74) is 0. The van der Waals surface area contributed by atoms with Crippen molar-refractivity contribution in [2.45, 2.75) is 19.0 Å². The summed E-state index contributed by atoms with van der Waals surface area (Å²) in [5, 5.41) is 11.6. The highest BCUT2D eigenvalue weighted by atomic mass is 32.2. The summed E-state index contributed by atoms with van der Waals surface area (Å²) in [4.78, 5) is 10.7. The Bertz CT molecular complexity index is 210. The molecule has 0 aliphatic heterocycles. The molecule has 0 bridgehead atoms. The van der Waals surface area contributed by atoms with Gasteiger partial charge >= 0.3 is 5.97 Å². The molecule has 0 aliphatic carbocycles. The number of rotatable bonds is 7. The molecule has 0 aromatic carbocycles. The lowest BCUT2D eigenvalue weighted by Gasteiger charge is -2.18. The van der Waals surface area contributed by atoms with Crippen LogP contribution < -0.4 is 5.32 Å². The van der Waals surface area contributed by atoms with Crippen LogP contribution in [0.15, 0.2) is 0 Å². The standard InChI is InChI=1S/C8H17NO4S/c1-6(5-14(3)12)9-7(4-13-2)8(10)11/h6-7,9H,4-5H2,1-3H3,(H,10,11). The van der Waals surface area contributed by atoms with Crippen LogP contribution in [-0.4, -0.2) is 53.1 Å². The third-order valence-corrected chi connectivity index (χ3v) is 2.57. The molecule has 3 atom stereocenters. The van der Waals surface area contributed by atoms with E-state index < -0.39 is 22.8 Å². The minimum absolute atomic E-state index is 0.0999. The lowest BCUT2D eigenvalue weighted by Crippen LogP contribution is -2.46. The summed E-state index contributed by atoms with van der Waals surface area (Å²) in [5.74, 6) is -0.520. The smallest absolute Gasteiger partial charge is 0.323 e. The molecule has 14 heavy (non-hydrogen) atoms. The monoisotopic (exact) mass is 223 g/mol. The average Bonchev–Trinajstić information content (AvgIpc) is 2.01. The topological polar surface area (TPSA) is 75.6 Å². The maximum Gasteiger partial charge on any atom is 0.323 e. The minimum Gasteiger partial charge on any atom is -0.480 e. The van der Waals surface area contributed by atoms with Gasteiger partial charge in [0.05, 0.1) is 6.61 Å². The first kappa shape index (κ1) is 13.5. The summed E-state index contributed by atoms with van der Waals surface area (Å²) in [6.07, 6.45) is 1.59. The van der Waals surface area contributed by atoms with Crippen LogP contribution in [0.4, 0.5) is 0 Å². The van der Waals surface area contributed by atoms with Gasteiger partial charge in [0.15, 0.2) is 0 Å². The van der Waals surface area contributed by atoms with Gasteiger partial charge in [0.2, 0.25) is 0 Å². The maximum atomic E-state index is 10.9. The highest BCUT2D eigenvalue weighted by Gasteiger charge is 2.19. The molecule has 0 rings (SSSR count). The van der Waals surface area contributed by atoms with Gasteiger partial charge in [-0.3, -0.25) is 14.3 Å². The number of ether oxygens (including phenoxy) is 1. The van der Waals surface area contributed by atoms with E-state index in [-0.39, 0.29) is 12.6 Å². The van der Waals surface area contributed by atoms with Gasteiger partial charge in [-0.25, -0.2) is 0 Å². The number of aliphatic carboxylic acids is 1. The number of nitrogens with one attached hydrogen (secondary N) is 1. The normalized spacial score (nSPS) is 17.4. The molecule has 0 spiro atoms. The zero-order valence-corrected chi connectivity index (χ0v) is 9.47. The van der Waals surface area contributed by atoms with Crippen LogP contribution in [-0.2, 0) is 20.3 Å². The molecule has 3 unspecified atom stereocenters. The van der Waals surface area contributed by atoms with E-state index in [9.17, 15) is 9.00 Å². The van der Waals surface area contributed by atoms with E-state index in [0.29, 0.717) is 5.75 Å². The second-order valence-electron chi connectivity index (χ2n) is 3.15. The van der Waals surface area contributed by atoms with Crippen LogP contribution in [0.3, 0.4) is 0 Å². The highest BCUT2D eigenvalue weighted by molar-refractivity contribution is 7.84. The predicted octanol–water partition coefficient (Wildman–Crippen LogP) is -0.557. The van der Waals surface area contributed by atoms with Crippen LogP contribution in [0.25, 0.3) is 0 Å². The Kier molecular flexibility index (Phi) is 6.69. The Balaban J connectivity index is 4.01. The lowest BCUT2D eigenvalue weighted by molar-refractivity contribution is -0.141. The summed E-state index contributed by atoms with van der Waals surface area (Å²) in [7, 11) is 0.519. The van der Waals surface area contributed by atoms with Crippen molar-refractivity contribution in [2.75, 3.05) is 25.7 Å². The van der Waals surface area contributed by atoms with Gasteiger partial charge in [-0.2, -0.15) is 0 Å². The lowest BCUT2D eigenvalue weighted by atomic mass is 10.2. The summed E-state index contributed by atoms with van der Waals surface area (Å²) in [6.45, 7) is 1.91. The van der Waals surface area contributed by atoms with E-state index in [4.69, 9.17) is 9.84 Å². The number of carbonyl (C=O) groups is 1.